The zero-order valence-corrected chi connectivity index (χ0v) is 10.5. The van der Waals surface area contributed by atoms with Crippen molar-refractivity contribution >= 4 is 11.6 Å². The number of aryl methyl sites for hydroxylation is 1. The van der Waals surface area contributed by atoms with Crippen molar-refractivity contribution in [1.29, 1.82) is 0 Å². The van der Waals surface area contributed by atoms with Gasteiger partial charge in [-0.1, -0.05) is 12.1 Å². The number of hydrogen-bond donors (Lipinski definition) is 2. The van der Waals surface area contributed by atoms with Crippen molar-refractivity contribution in [2.75, 3.05) is 5.32 Å². The van der Waals surface area contributed by atoms with Gasteiger partial charge in [-0.2, -0.15) is 13.9 Å². The summed E-state index contributed by atoms with van der Waals surface area (Å²) in [6.45, 7) is 1.74. The lowest BCUT2D eigenvalue weighted by Crippen LogP contribution is -2.19. The maximum atomic E-state index is 12.1. The Morgan fingerprint density at radius 2 is 1.95 bits per heavy atom. The van der Waals surface area contributed by atoms with E-state index in [9.17, 15) is 18.4 Å². The number of aromatic nitrogens is 2. The molecule has 7 heteroatoms. The first-order valence-electron chi connectivity index (χ1n) is 5.73. The third-order valence-electron chi connectivity index (χ3n) is 2.62. The monoisotopic (exact) mass is 279 g/mol. The maximum Gasteiger partial charge on any atom is 0.315 e. The molecular formula is C13H11F2N3O2. The number of aromatic amines is 1. The van der Waals surface area contributed by atoms with Crippen molar-refractivity contribution in [1.82, 2.24) is 10.2 Å². The summed E-state index contributed by atoms with van der Waals surface area (Å²) in [6.07, 6.45) is -3.06. The van der Waals surface area contributed by atoms with Gasteiger partial charge in [0.25, 0.3) is 11.5 Å². The molecule has 104 valence electrons. The fraction of sp³-hybridized carbons (Fsp3) is 0.154. The lowest BCUT2D eigenvalue weighted by Gasteiger charge is -2.07. The van der Waals surface area contributed by atoms with Crippen LogP contribution in [0.25, 0.3) is 11.3 Å². The van der Waals surface area contributed by atoms with Gasteiger partial charge in [-0.3, -0.25) is 9.59 Å². The summed E-state index contributed by atoms with van der Waals surface area (Å²) in [6, 6.07) is 7.63. The van der Waals surface area contributed by atoms with E-state index in [-0.39, 0.29) is 11.2 Å². The minimum absolute atomic E-state index is 0.265. The van der Waals surface area contributed by atoms with Crippen LogP contribution in [0.5, 0.6) is 0 Å². The van der Waals surface area contributed by atoms with Gasteiger partial charge >= 0.3 is 6.43 Å². The van der Waals surface area contributed by atoms with Crippen molar-refractivity contribution in [3.63, 3.8) is 0 Å². The van der Waals surface area contributed by atoms with Gasteiger partial charge in [-0.15, -0.1) is 0 Å². The lowest BCUT2D eigenvalue weighted by molar-refractivity contribution is -0.126. The van der Waals surface area contributed by atoms with E-state index in [1.807, 2.05) is 0 Å². The van der Waals surface area contributed by atoms with Crippen LogP contribution in [-0.4, -0.2) is 22.5 Å². The fourth-order valence-electron chi connectivity index (χ4n) is 1.70. The molecule has 2 N–H and O–H groups in total. The second-order valence-electron chi connectivity index (χ2n) is 4.13. The van der Waals surface area contributed by atoms with Crippen LogP contribution in [0.1, 0.15) is 5.56 Å². The van der Waals surface area contributed by atoms with Crippen molar-refractivity contribution in [2.45, 2.75) is 13.3 Å². The smallest absolute Gasteiger partial charge is 0.315 e. The van der Waals surface area contributed by atoms with Gasteiger partial charge in [0.05, 0.1) is 5.69 Å². The molecule has 0 unspecified atom stereocenters. The zero-order chi connectivity index (χ0) is 14.7. The van der Waals surface area contributed by atoms with Crippen molar-refractivity contribution < 1.29 is 13.6 Å². The molecule has 1 heterocycles. The Morgan fingerprint density at radius 3 is 2.50 bits per heavy atom. The minimum atomic E-state index is -3.06. The van der Waals surface area contributed by atoms with Gasteiger partial charge < -0.3 is 5.32 Å². The van der Waals surface area contributed by atoms with Crippen molar-refractivity contribution in [2.24, 2.45) is 0 Å². The Hall–Kier alpha value is -2.57. The number of hydrogen-bond acceptors (Lipinski definition) is 3. The second-order valence-corrected chi connectivity index (χ2v) is 4.13. The molecule has 0 saturated heterocycles. The number of anilines is 1. The van der Waals surface area contributed by atoms with E-state index in [0.717, 1.165) is 0 Å². The molecule has 0 aliphatic carbocycles. The van der Waals surface area contributed by atoms with Gasteiger partial charge in [0.2, 0.25) is 0 Å². The fourth-order valence-corrected chi connectivity index (χ4v) is 1.70. The Balaban J connectivity index is 2.24. The number of rotatable bonds is 3. The van der Waals surface area contributed by atoms with Crippen LogP contribution in [0.4, 0.5) is 14.5 Å². The van der Waals surface area contributed by atoms with E-state index < -0.39 is 12.3 Å². The third kappa shape index (κ3) is 3.05. The average molecular weight is 279 g/mol. The highest BCUT2D eigenvalue weighted by Crippen LogP contribution is 2.21. The lowest BCUT2D eigenvalue weighted by atomic mass is 10.1. The van der Waals surface area contributed by atoms with Crippen LogP contribution in [0.15, 0.2) is 35.1 Å². The molecule has 2 aromatic rings. The molecule has 0 spiro atoms. The van der Waals surface area contributed by atoms with E-state index in [2.05, 4.69) is 15.5 Å². The standard InChI is InChI=1S/C13H11F2N3O2/c1-7-6-10(19)17-18-11(7)8-2-4-9(5-3-8)16-13(20)12(14)15/h2-6,12H,1H3,(H,16,20)(H,17,19). The molecule has 1 amide bonds. The number of nitrogens with zero attached hydrogens (tertiary/aromatic N) is 1. The van der Waals surface area contributed by atoms with E-state index >= 15 is 0 Å². The third-order valence-corrected chi connectivity index (χ3v) is 2.62. The summed E-state index contributed by atoms with van der Waals surface area (Å²) in [4.78, 5) is 21.9. The Labute approximate surface area is 112 Å². The van der Waals surface area contributed by atoms with Crippen molar-refractivity contribution in [3.8, 4) is 11.3 Å². The van der Waals surface area contributed by atoms with Gasteiger partial charge in [0.15, 0.2) is 0 Å². The Morgan fingerprint density at radius 1 is 1.30 bits per heavy atom. The molecule has 0 aliphatic rings. The first-order chi connectivity index (χ1) is 9.47. The summed E-state index contributed by atoms with van der Waals surface area (Å²) in [7, 11) is 0. The van der Waals surface area contributed by atoms with Gasteiger partial charge in [-0.05, 0) is 24.6 Å². The highest BCUT2D eigenvalue weighted by molar-refractivity contribution is 5.93. The number of halogens is 2. The summed E-state index contributed by atoms with van der Waals surface area (Å²) in [5.74, 6) is -1.35. The molecule has 1 aromatic carbocycles. The SMILES string of the molecule is Cc1cc(=O)[nH]nc1-c1ccc(NC(=O)C(F)F)cc1. The van der Waals surface area contributed by atoms with Gasteiger partial charge in [0.1, 0.15) is 0 Å². The molecule has 2 rings (SSSR count). The maximum absolute atomic E-state index is 12.1. The topological polar surface area (TPSA) is 74.8 Å². The van der Waals surface area contributed by atoms with Crippen LogP contribution in [-0.2, 0) is 4.79 Å². The molecule has 1 aromatic heterocycles. The molecule has 0 fully saturated rings. The molecule has 0 atom stereocenters. The molecule has 5 nitrogen and oxygen atoms in total. The van der Waals surface area contributed by atoms with Crippen LogP contribution in [0.2, 0.25) is 0 Å². The largest absolute Gasteiger partial charge is 0.321 e. The highest BCUT2D eigenvalue weighted by atomic mass is 19.3. The van der Waals surface area contributed by atoms with E-state index in [4.69, 9.17) is 0 Å². The summed E-state index contributed by atoms with van der Waals surface area (Å²) in [5.41, 5.74) is 1.94. The second kappa shape index (κ2) is 5.60. The molecule has 0 saturated carbocycles. The van der Waals surface area contributed by atoms with Crippen LogP contribution < -0.4 is 10.9 Å². The Kier molecular flexibility index (Phi) is 3.88. The number of carbonyl (C=O) groups excluding carboxylic acids is 1. The number of amides is 1. The summed E-state index contributed by atoms with van der Waals surface area (Å²) >= 11 is 0. The predicted molar refractivity (Wildman–Crippen MR) is 69.7 cm³/mol. The quantitative estimate of drug-likeness (QED) is 0.901. The van der Waals surface area contributed by atoms with Crippen LogP contribution in [0.3, 0.4) is 0 Å². The van der Waals surface area contributed by atoms with Crippen LogP contribution >= 0.6 is 0 Å². The molecule has 0 radical (unpaired) electrons. The van der Waals surface area contributed by atoms with E-state index in [1.54, 1.807) is 19.1 Å². The minimum Gasteiger partial charge on any atom is -0.321 e. The molecular weight excluding hydrogens is 268 g/mol. The highest BCUT2D eigenvalue weighted by Gasteiger charge is 2.15. The first-order valence-corrected chi connectivity index (χ1v) is 5.73. The first kappa shape index (κ1) is 13.9. The summed E-state index contributed by atoms with van der Waals surface area (Å²) in [5, 5.41) is 8.33. The number of benzene rings is 1. The molecule has 0 aliphatic heterocycles. The van der Waals surface area contributed by atoms with Gasteiger partial charge in [-0.25, -0.2) is 5.10 Å². The number of carbonyl (C=O) groups is 1. The number of nitrogens with one attached hydrogen (secondary N) is 2. The zero-order valence-electron chi connectivity index (χ0n) is 10.5. The van der Waals surface area contributed by atoms with Crippen molar-refractivity contribution in [3.05, 3.63) is 46.2 Å². The normalized spacial score (nSPS) is 10.6. The number of H-pyrrole nitrogens is 1. The van der Waals surface area contributed by atoms with Gasteiger partial charge in [0, 0.05) is 17.3 Å². The molecule has 20 heavy (non-hydrogen) atoms. The number of alkyl halides is 2. The Bertz CT molecular complexity index is 681. The molecule has 0 bridgehead atoms. The van der Waals surface area contributed by atoms with E-state index in [0.29, 0.717) is 16.8 Å². The average Bonchev–Trinajstić information content (AvgIpc) is 2.40. The van der Waals surface area contributed by atoms with Crippen LogP contribution in [0, 0.1) is 6.92 Å². The summed E-state index contributed by atoms with van der Waals surface area (Å²) < 4.78 is 24.2. The van der Waals surface area contributed by atoms with E-state index in [1.165, 1.54) is 18.2 Å². The predicted octanol–water partition coefficient (Wildman–Crippen LogP) is 1.95.